The molecular weight excluding hydrogens is 397 g/mol. The fourth-order valence-corrected chi connectivity index (χ4v) is 3.44. The summed E-state index contributed by atoms with van der Waals surface area (Å²) in [5.41, 5.74) is 1.10. The number of hydrogen-bond acceptors (Lipinski definition) is 4. The number of para-hydroxylation sites is 1. The number of rotatable bonds is 5. The van der Waals surface area contributed by atoms with E-state index in [0.29, 0.717) is 11.9 Å². The minimum Gasteiger partial charge on any atom is -0.436 e. The maximum Gasteiger partial charge on any atom is 0.243 e. The summed E-state index contributed by atoms with van der Waals surface area (Å²) in [7, 11) is 0. The number of halogens is 1. The Kier molecular flexibility index (Phi) is 3.60. The molecule has 108 valence electrons. The Balaban J connectivity index is 1.67. The molecule has 4 nitrogen and oxygen atoms in total. The van der Waals surface area contributed by atoms with Crippen molar-refractivity contribution in [3.05, 3.63) is 45.1 Å². The third-order valence-corrected chi connectivity index (χ3v) is 5.15. The predicted octanol–water partition coefficient (Wildman–Crippen LogP) is 4.04. The highest BCUT2D eigenvalue weighted by Gasteiger charge is 2.23. The van der Waals surface area contributed by atoms with Crippen molar-refractivity contribution >= 4 is 38.9 Å². The van der Waals surface area contributed by atoms with Crippen LogP contribution in [0.4, 0.5) is 0 Å². The van der Waals surface area contributed by atoms with Gasteiger partial charge in [0.2, 0.25) is 5.88 Å². The van der Waals surface area contributed by atoms with E-state index < -0.39 is 0 Å². The van der Waals surface area contributed by atoms with Crippen LogP contribution in [0.2, 0.25) is 0 Å². The van der Waals surface area contributed by atoms with Crippen LogP contribution in [-0.2, 0) is 6.54 Å². The van der Waals surface area contributed by atoms with Gasteiger partial charge in [-0.25, -0.2) is 0 Å². The van der Waals surface area contributed by atoms with Gasteiger partial charge in [0.05, 0.1) is 3.57 Å². The standard InChI is InChI=1S/C15H14IN3OS/c16-11-3-1-2-4-13(11)20-14-12(9-17-10-5-6-10)19-7-8-21-15(19)18-14/h1-4,7-8,10,17H,5-6,9H2. The average Bonchev–Trinajstić information content (AvgIpc) is 3.10. The van der Waals surface area contributed by atoms with Gasteiger partial charge >= 0.3 is 0 Å². The van der Waals surface area contributed by atoms with Crippen LogP contribution in [0.5, 0.6) is 11.6 Å². The number of ether oxygens (including phenoxy) is 1. The van der Waals surface area contributed by atoms with Gasteiger partial charge in [-0.05, 0) is 47.6 Å². The zero-order valence-electron chi connectivity index (χ0n) is 11.3. The van der Waals surface area contributed by atoms with E-state index in [0.717, 1.165) is 26.5 Å². The summed E-state index contributed by atoms with van der Waals surface area (Å²) < 4.78 is 9.27. The Bertz CT molecular complexity index is 778. The van der Waals surface area contributed by atoms with Crippen molar-refractivity contribution in [3.63, 3.8) is 0 Å². The Morgan fingerprint density at radius 2 is 2.24 bits per heavy atom. The van der Waals surface area contributed by atoms with E-state index in [2.05, 4.69) is 48.9 Å². The largest absolute Gasteiger partial charge is 0.436 e. The molecule has 1 aliphatic carbocycles. The topological polar surface area (TPSA) is 38.6 Å². The maximum atomic E-state index is 6.06. The lowest BCUT2D eigenvalue weighted by Gasteiger charge is -2.08. The minimum absolute atomic E-state index is 0.666. The number of nitrogens with one attached hydrogen (secondary N) is 1. The number of fused-ring (bicyclic) bond motifs is 1. The number of aromatic nitrogens is 2. The van der Waals surface area contributed by atoms with Crippen LogP contribution in [0.25, 0.3) is 4.96 Å². The Morgan fingerprint density at radius 1 is 1.38 bits per heavy atom. The molecule has 1 aliphatic rings. The second-order valence-electron chi connectivity index (χ2n) is 5.11. The molecule has 0 bridgehead atoms. The van der Waals surface area contributed by atoms with Crippen LogP contribution in [0.1, 0.15) is 18.5 Å². The van der Waals surface area contributed by atoms with E-state index in [1.165, 1.54) is 12.8 Å². The monoisotopic (exact) mass is 411 g/mol. The lowest BCUT2D eigenvalue weighted by molar-refractivity contribution is 0.452. The van der Waals surface area contributed by atoms with Crippen molar-refractivity contribution in [3.8, 4) is 11.6 Å². The molecule has 4 rings (SSSR count). The summed E-state index contributed by atoms with van der Waals surface area (Å²) in [6.45, 7) is 0.793. The van der Waals surface area contributed by atoms with E-state index in [1.54, 1.807) is 11.3 Å². The maximum absolute atomic E-state index is 6.06. The van der Waals surface area contributed by atoms with E-state index in [4.69, 9.17) is 4.74 Å². The first-order chi connectivity index (χ1) is 10.3. The number of hydrogen-bond donors (Lipinski definition) is 1. The molecule has 6 heteroatoms. The van der Waals surface area contributed by atoms with Crippen LogP contribution in [-0.4, -0.2) is 15.4 Å². The lowest BCUT2D eigenvalue weighted by Crippen LogP contribution is -2.16. The Labute approximate surface area is 140 Å². The van der Waals surface area contributed by atoms with E-state index in [-0.39, 0.29) is 0 Å². The highest BCUT2D eigenvalue weighted by Crippen LogP contribution is 2.31. The van der Waals surface area contributed by atoms with Crippen LogP contribution in [0, 0.1) is 3.57 Å². The molecule has 0 saturated heterocycles. The predicted molar refractivity (Wildman–Crippen MR) is 92.2 cm³/mol. The molecular formula is C15H14IN3OS. The zero-order valence-corrected chi connectivity index (χ0v) is 14.2. The van der Waals surface area contributed by atoms with Gasteiger partial charge in [0.25, 0.3) is 0 Å². The highest BCUT2D eigenvalue weighted by atomic mass is 127. The molecule has 1 fully saturated rings. The lowest BCUT2D eigenvalue weighted by atomic mass is 10.3. The SMILES string of the molecule is Ic1ccccc1Oc1nc2sccn2c1CNC1CC1. The molecule has 0 radical (unpaired) electrons. The summed E-state index contributed by atoms with van der Waals surface area (Å²) in [6.07, 6.45) is 4.61. The Morgan fingerprint density at radius 3 is 3.05 bits per heavy atom. The second kappa shape index (κ2) is 5.58. The zero-order chi connectivity index (χ0) is 14.2. The second-order valence-corrected chi connectivity index (χ2v) is 7.14. The molecule has 21 heavy (non-hydrogen) atoms. The van der Waals surface area contributed by atoms with Gasteiger partial charge in [0.15, 0.2) is 4.96 Å². The van der Waals surface area contributed by atoms with Crippen molar-refractivity contribution in [2.24, 2.45) is 0 Å². The van der Waals surface area contributed by atoms with Gasteiger partial charge < -0.3 is 10.1 Å². The van der Waals surface area contributed by atoms with Crippen LogP contribution >= 0.6 is 33.9 Å². The average molecular weight is 411 g/mol. The number of imidazole rings is 1. The van der Waals surface area contributed by atoms with E-state index >= 15 is 0 Å². The first-order valence-corrected chi connectivity index (χ1v) is 8.87. The molecule has 1 aromatic carbocycles. The number of nitrogens with zero attached hydrogens (tertiary/aromatic N) is 2. The van der Waals surface area contributed by atoms with Gasteiger partial charge in [-0.2, -0.15) is 4.98 Å². The molecule has 0 aliphatic heterocycles. The quantitative estimate of drug-likeness (QED) is 0.644. The molecule has 0 spiro atoms. The summed E-state index contributed by atoms with van der Waals surface area (Å²) in [4.78, 5) is 5.60. The van der Waals surface area contributed by atoms with Crippen LogP contribution in [0.3, 0.4) is 0 Å². The fraction of sp³-hybridized carbons (Fsp3) is 0.267. The Hall–Kier alpha value is -1.12. The third-order valence-electron chi connectivity index (χ3n) is 3.50. The summed E-state index contributed by atoms with van der Waals surface area (Å²) in [5, 5.41) is 5.60. The van der Waals surface area contributed by atoms with Gasteiger partial charge in [-0.3, -0.25) is 4.40 Å². The fourth-order valence-electron chi connectivity index (χ4n) is 2.22. The van der Waals surface area contributed by atoms with Crippen molar-refractivity contribution in [1.82, 2.24) is 14.7 Å². The first-order valence-electron chi connectivity index (χ1n) is 6.91. The van der Waals surface area contributed by atoms with Crippen LogP contribution in [0.15, 0.2) is 35.8 Å². The van der Waals surface area contributed by atoms with E-state index in [9.17, 15) is 0 Å². The third kappa shape index (κ3) is 2.79. The molecule has 2 heterocycles. The first kappa shape index (κ1) is 13.5. The number of benzene rings is 1. The summed E-state index contributed by atoms with van der Waals surface area (Å²) in [5.74, 6) is 1.57. The summed E-state index contributed by atoms with van der Waals surface area (Å²) in [6, 6.07) is 8.68. The van der Waals surface area contributed by atoms with Crippen molar-refractivity contribution in [2.45, 2.75) is 25.4 Å². The molecule has 3 aromatic rings. The van der Waals surface area contributed by atoms with Crippen molar-refractivity contribution in [2.75, 3.05) is 0 Å². The van der Waals surface area contributed by atoms with Gasteiger partial charge in [-0.15, -0.1) is 11.3 Å². The van der Waals surface area contributed by atoms with Crippen LogP contribution < -0.4 is 10.1 Å². The smallest absolute Gasteiger partial charge is 0.243 e. The van der Waals surface area contributed by atoms with Crippen molar-refractivity contribution < 1.29 is 4.74 Å². The van der Waals surface area contributed by atoms with Gasteiger partial charge in [0.1, 0.15) is 11.4 Å². The number of thiazole rings is 1. The normalized spacial score (nSPS) is 14.7. The van der Waals surface area contributed by atoms with E-state index in [1.807, 2.05) is 24.3 Å². The molecule has 2 aromatic heterocycles. The van der Waals surface area contributed by atoms with Gasteiger partial charge in [-0.1, -0.05) is 12.1 Å². The molecule has 1 saturated carbocycles. The van der Waals surface area contributed by atoms with Crippen molar-refractivity contribution in [1.29, 1.82) is 0 Å². The molecule has 0 amide bonds. The minimum atomic E-state index is 0.666. The molecule has 0 unspecified atom stereocenters. The highest BCUT2D eigenvalue weighted by molar-refractivity contribution is 14.1. The molecule has 0 atom stereocenters. The summed E-state index contributed by atoms with van der Waals surface area (Å²) >= 11 is 3.91. The molecule has 1 N–H and O–H groups in total. The van der Waals surface area contributed by atoms with Gasteiger partial charge in [0, 0.05) is 24.2 Å².